The van der Waals surface area contributed by atoms with Gasteiger partial charge >= 0.3 is 21.6 Å². The number of alkyl halides is 3. The van der Waals surface area contributed by atoms with Gasteiger partial charge in [0.1, 0.15) is 5.75 Å². The third-order valence-corrected chi connectivity index (χ3v) is 7.63. The Morgan fingerprint density at radius 3 is 1.97 bits per heavy atom. The fraction of sp³-hybridized carbons (Fsp3) is 0.321. The number of rotatable bonds is 9. The SMILES string of the molecule is O=C(OCC1CCN(Cc2ccccc2)CC1)[C@](O)(c1ccccc1)c1ccc(OS(=O)(=O)C(F)(F)F)cc1. The van der Waals surface area contributed by atoms with Crippen molar-refractivity contribution in [2.24, 2.45) is 5.92 Å². The summed E-state index contributed by atoms with van der Waals surface area (Å²) in [6.07, 6.45) is 1.62. The minimum absolute atomic E-state index is 0.0202. The molecule has 1 heterocycles. The van der Waals surface area contributed by atoms with Crippen molar-refractivity contribution >= 4 is 16.1 Å². The summed E-state index contributed by atoms with van der Waals surface area (Å²) in [6.45, 7) is 2.61. The highest BCUT2D eigenvalue weighted by atomic mass is 32.2. The summed E-state index contributed by atoms with van der Waals surface area (Å²) >= 11 is 0. The molecule has 0 amide bonds. The van der Waals surface area contributed by atoms with E-state index in [0.29, 0.717) is 0 Å². The first-order chi connectivity index (χ1) is 18.5. The Kier molecular flexibility index (Phi) is 8.63. The molecule has 0 aliphatic carbocycles. The van der Waals surface area contributed by atoms with Gasteiger partial charge in [-0.3, -0.25) is 4.90 Å². The van der Waals surface area contributed by atoms with Gasteiger partial charge < -0.3 is 14.0 Å². The maximum absolute atomic E-state index is 13.3. The number of piperidine rings is 1. The third kappa shape index (κ3) is 6.78. The number of nitrogens with zero attached hydrogens (tertiary/aromatic N) is 1. The summed E-state index contributed by atoms with van der Waals surface area (Å²) in [4.78, 5) is 15.6. The molecule has 0 spiro atoms. The molecule has 1 N–H and O–H groups in total. The van der Waals surface area contributed by atoms with Crippen molar-refractivity contribution in [2.75, 3.05) is 19.7 Å². The fourth-order valence-electron chi connectivity index (χ4n) is 4.46. The van der Waals surface area contributed by atoms with Gasteiger partial charge in [-0.1, -0.05) is 72.8 Å². The zero-order valence-corrected chi connectivity index (χ0v) is 21.7. The van der Waals surface area contributed by atoms with Crippen LogP contribution in [0.25, 0.3) is 0 Å². The molecule has 0 aromatic heterocycles. The van der Waals surface area contributed by atoms with Crippen LogP contribution in [-0.4, -0.2) is 49.6 Å². The lowest BCUT2D eigenvalue weighted by Gasteiger charge is -2.33. The Morgan fingerprint density at radius 2 is 1.41 bits per heavy atom. The zero-order valence-electron chi connectivity index (χ0n) is 20.9. The van der Waals surface area contributed by atoms with Crippen LogP contribution in [0.15, 0.2) is 84.9 Å². The smallest absolute Gasteiger partial charge is 0.463 e. The molecule has 1 aliphatic heterocycles. The Bertz CT molecular complexity index is 1340. The first-order valence-electron chi connectivity index (χ1n) is 12.3. The van der Waals surface area contributed by atoms with E-state index in [1.54, 1.807) is 18.2 Å². The molecule has 1 fully saturated rings. The summed E-state index contributed by atoms with van der Waals surface area (Å²) in [5, 5.41) is 11.6. The molecular formula is C28H28F3NO6S. The minimum atomic E-state index is -5.87. The molecule has 1 saturated heterocycles. The highest BCUT2D eigenvalue weighted by Gasteiger charge is 2.49. The van der Waals surface area contributed by atoms with Gasteiger partial charge in [-0.15, -0.1) is 0 Å². The number of esters is 1. The predicted octanol–water partition coefficient (Wildman–Crippen LogP) is 4.61. The van der Waals surface area contributed by atoms with Crippen LogP contribution in [0.4, 0.5) is 13.2 Å². The maximum atomic E-state index is 13.3. The molecule has 1 aliphatic rings. The van der Waals surface area contributed by atoms with E-state index in [2.05, 4.69) is 21.2 Å². The van der Waals surface area contributed by atoms with Gasteiger partial charge in [-0.05, 0) is 60.7 Å². The van der Waals surface area contributed by atoms with Gasteiger partial charge in [0.15, 0.2) is 0 Å². The topological polar surface area (TPSA) is 93.1 Å². The van der Waals surface area contributed by atoms with Crippen molar-refractivity contribution in [1.82, 2.24) is 4.90 Å². The molecule has 0 radical (unpaired) electrons. The normalized spacial score (nSPS) is 16.8. The van der Waals surface area contributed by atoms with Crippen molar-refractivity contribution in [1.29, 1.82) is 0 Å². The minimum Gasteiger partial charge on any atom is -0.463 e. The maximum Gasteiger partial charge on any atom is 0.534 e. The number of ether oxygens (including phenoxy) is 1. The van der Waals surface area contributed by atoms with Crippen LogP contribution in [0.3, 0.4) is 0 Å². The van der Waals surface area contributed by atoms with Crippen LogP contribution in [0.2, 0.25) is 0 Å². The van der Waals surface area contributed by atoms with Gasteiger partial charge in [-0.25, -0.2) is 4.79 Å². The highest BCUT2D eigenvalue weighted by Crippen LogP contribution is 2.34. The second-order valence-corrected chi connectivity index (χ2v) is 10.9. The molecule has 39 heavy (non-hydrogen) atoms. The third-order valence-electron chi connectivity index (χ3n) is 6.65. The van der Waals surface area contributed by atoms with E-state index in [9.17, 15) is 31.5 Å². The van der Waals surface area contributed by atoms with E-state index in [4.69, 9.17) is 4.74 Å². The number of carbonyl (C=O) groups is 1. The summed E-state index contributed by atoms with van der Waals surface area (Å²) in [6, 6.07) is 22.2. The number of hydrogen-bond acceptors (Lipinski definition) is 7. The second-order valence-electron chi connectivity index (χ2n) is 9.39. The lowest BCUT2D eigenvalue weighted by Crippen LogP contribution is -2.40. The molecule has 3 aromatic carbocycles. The standard InChI is InChI=1S/C28H28F3NO6S/c29-28(30,31)39(35,36)38-25-13-11-24(12-14-25)27(34,23-9-5-2-6-10-23)26(33)37-20-22-15-17-32(18-16-22)19-21-7-3-1-4-8-21/h1-14,22,34H,15-20H2/t27-/m0/s1. The van der Waals surface area contributed by atoms with Gasteiger partial charge in [0.05, 0.1) is 6.61 Å². The number of benzene rings is 3. The lowest BCUT2D eigenvalue weighted by atomic mass is 9.86. The molecule has 1 atom stereocenters. The van der Waals surface area contributed by atoms with Crippen LogP contribution in [-0.2, 0) is 31.8 Å². The molecular weight excluding hydrogens is 535 g/mol. The first-order valence-corrected chi connectivity index (χ1v) is 13.7. The Labute approximate surface area is 224 Å². The summed E-state index contributed by atoms with van der Waals surface area (Å²) in [7, 11) is -5.87. The van der Waals surface area contributed by atoms with E-state index in [1.165, 1.54) is 17.7 Å². The quantitative estimate of drug-likeness (QED) is 0.231. The van der Waals surface area contributed by atoms with Gasteiger partial charge in [0, 0.05) is 6.54 Å². The van der Waals surface area contributed by atoms with Crippen LogP contribution in [0, 0.1) is 5.92 Å². The monoisotopic (exact) mass is 563 g/mol. The Morgan fingerprint density at radius 1 is 0.872 bits per heavy atom. The Hall–Kier alpha value is -3.41. The molecule has 4 rings (SSSR count). The largest absolute Gasteiger partial charge is 0.534 e. The van der Waals surface area contributed by atoms with E-state index < -0.39 is 32.9 Å². The first kappa shape index (κ1) is 28.6. The van der Waals surface area contributed by atoms with E-state index >= 15 is 0 Å². The molecule has 0 unspecified atom stereocenters. The van der Waals surface area contributed by atoms with Crippen LogP contribution >= 0.6 is 0 Å². The molecule has 7 nitrogen and oxygen atoms in total. The number of hydrogen-bond donors (Lipinski definition) is 1. The predicted molar refractivity (Wildman–Crippen MR) is 137 cm³/mol. The van der Waals surface area contributed by atoms with Gasteiger partial charge in [-0.2, -0.15) is 21.6 Å². The molecule has 3 aromatic rings. The van der Waals surface area contributed by atoms with Crippen molar-refractivity contribution in [2.45, 2.75) is 30.5 Å². The fourth-order valence-corrected chi connectivity index (χ4v) is 4.92. The van der Waals surface area contributed by atoms with E-state index in [0.717, 1.165) is 56.7 Å². The van der Waals surface area contributed by atoms with Crippen molar-refractivity contribution in [3.8, 4) is 5.75 Å². The van der Waals surface area contributed by atoms with Crippen LogP contribution < -0.4 is 4.18 Å². The van der Waals surface area contributed by atoms with Crippen LogP contribution in [0.1, 0.15) is 29.5 Å². The average Bonchev–Trinajstić information content (AvgIpc) is 2.92. The number of carbonyl (C=O) groups excluding carboxylic acids is 1. The summed E-state index contributed by atoms with van der Waals surface area (Å²) in [5.74, 6) is -1.47. The van der Waals surface area contributed by atoms with Crippen LogP contribution in [0.5, 0.6) is 5.75 Å². The number of likely N-dealkylation sites (tertiary alicyclic amines) is 1. The second kappa shape index (κ2) is 11.8. The number of halogens is 3. The van der Waals surface area contributed by atoms with E-state index in [1.807, 2.05) is 18.2 Å². The lowest BCUT2D eigenvalue weighted by molar-refractivity contribution is -0.164. The molecule has 0 bridgehead atoms. The molecule has 208 valence electrons. The highest BCUT2D eigenvalue weighted by molar-refractivity contribution is 7.88. The van der Waals surface area contributed by atoms with Crippen molar-refractivity contribution in [3.05, 3.63) is 102 Å². The van der Waals surface area contributed by atoms with Gasteiger partial charge in [0.25, 0.3) is 0 Å². The Balaban J connectivity index is 1.43. The van der Waals surface area contributed by atoms with Crippen molar-refractivity contribution in [3.63, 3.8) is 0 Å². The van der Waals surface area contributed by atoms with Gasteiger partial charge in [0.2, 0.25) is 5.60 Å². The number of aliphatic hydroxyl groups is 1. The molecule has 0 saturated carbocycles. The van der Waals surface area contributed by atoms with Crippen molar-refractivity contribution < 1.29 is 40.4 Å². The summed E-state index contributed by atoms with van der Waals surface area (Å²) < 4.78 is 70.3. The average molecular weight is 564 g/mol. The zero-order chi connectivity index (χ0) is 28.1. The summed E-state index contributed by atoms with van der Waals surface area (Å²) in [5.41, 5.74) is -6.49. The van der Waals surface area contributed by atoms with E-state index in [-0.39, 0.29) is 23.7 Å². The molecule has 11 heteroatoms.